The predicted octanol–water partition coefficient (Wildman–Crippen LogP) is 6.50. The molecule has 0 heterocycles. The SMILES string of the molecule is C[C@H](Oc1ccc(C(C)(C)C)cc1)C(=O)Nc1ccc(S(=O)(=O)Nc2ccc(Cl)cc2Cl)cc1. The number of hydrogen-bond acceptors (Lipinski definition) is 4. The summed E-state index contributed by atoms with van der Waals surface area (Å²) in [5.41, 5.74) is 1.84. The molecule has 0 unspecified atom stereocenters. The fraction of sp³-hybridized carbons (Fsp3) is 0.240. The van der Waals surface area contributed by atoms with Gasteiger partial charge < -0.3 is 10.1 Å². The van der Waals surface area contributed by atoms with Gasteiger partial charge in [0.25, 0.3) is 15.9 Å². The minimum atomic E-state index is -3.88. The number of carbonyl (C=O) groups excluding carboxylic acids is 1. The fourth-order valence-corrected chi connectivity index (χ4v) is 4.62. The van der Waals surface area contributed by atoms with Gasteiger partial charge in [0.1, 0.15) is 5.75 Å². The zero-order valence-electron chi connectivity index (χ0n) is 19.2. The number of hydrogen-bond donors (Lipinski definition) is 2. The van der Waals surface area contributed by atoms with Gasteiger partial charge in [-0.1, -0.05) is 56.1 Å². The average molecular weight is 521 g/mol. The Hall–Kier alpha value is -2.74. The van der Waals surface area contributed by atoms with E-state index in [4.69, 9.17) is 27.9 Å². The number of rotatable bonds is 7. The minimum absolute atomic E-state index is 0.0137. The van der Waals surface area contributed by atoms with Gasteiger partial charge in [0.05, 0.1) is 15.6 Å². The highest BCUT2D eigenvalue weighted by Crippen LogP contribution is 2.28. The molecule has 0 fully saturated rings. The van der Waals surface area contributed by atoms with E-state index >= 15 is 0 Å². The third-order valence-electron chi connectivity index (χ3n) is 5.01. The van der Waals surface area contributed by atoms with Crippen LogP contribution in [0, 0.1) is 0 Å². The van der Waals surface area contributed by atoms with Crippen LogP contribution >= 0.6 is 23.2 Å². The minimum Gasteiger partial charge on any atom is -0.481 e. The molecular formula is C25H26Cl2N2O4S. The molecule has 2 N–H and O–H groups in total. The molecule has 3 aromatic carbocycles. The first-order chi connectivity index (χ1) is 15.8. The van der Waals surface area contributed by atoms with Gasteiger partial charge in [-0.25, -0.2) is 8.42 Å². The smallest absolute Gasteiger partial charge is 0.265 e. The van der Waals surface area contributed by atoms with Crippen molar-refractivity contribution in [3.8, 4) is 5.75 Å². The summed E-state index contributed by atoms with van der Waals surface area (Å²) in [6.07, 6.45) is -0.752. The molecule has 0 radical (unpaired) electrons. The summed E-state index contributed by atoms with van der Waals surface area (Å²) < 4.78 is 33.5. The number of halogens is 2. The van der Waals surface area contributed by atoms with Crippen LogP contribution in [0.3, 0.4) is 0 Å². The van der Waals surface area contributed by atoms with Crippen LogP contribution in [-0.2, 0) is 20.2 Å². The summed E-state index contributed by atoms with van der Waals surface area (Å²) in [6.45, 7) is 8.01. The monoisotopic (exact) mass is 520 g/mol. The molecule has 0 aromatic heterocycles. The summed E-state index contributed by atoms with van der Waals surface area (Å²) in [5, 5.41) is 3.31. The van der Waals surface area contributed by atoms with E-state index < -0.39 is 16.1 Å². The van der Waals surface area contributed by atoms with E-state index in [1.54, 1.807) is 6.92 Å². The van der Waals surface area contributed by atoms with Gasteiger partial charge in [-0.05, 0) is 72.5 Å². The molecule has 0 aliphatic heterocycles. The lowest BCUT2D eigenvalue weighted by Crippen LogP contribution is -2.30. The molecule has 0 aliphatic carbocycles. The van der Waals surface area contributed by atoms with Crippen molar-refractivity contribution in [3.05, 3.63) is 82.3 Å². The largest absolute Gasteiger partial charge is 0.481 e. The van der Waals surface area contributed by atoms with Gasteiger partial charge in [0, 0.05) is 10.7 Å². The molecule has 0 spiro atoms. The van der Waals surface area contributed by atoms with Crippen LogP contribution in [0.15, 0.2) is 71.6 Å². The zero-order valence-corrected chi connectivity index (χ0v) is 21.6. The van der Waals surface area contributed by atoms with Crippen LogP contribution in [0.1, 0.15) is 33.3 Å². The van der Waals surface area contributed by atoms with Crippen LogP contribution in [0.4, 0.5) is 11.4 Å². The van der Waals surface area contributed by atoms with Crippen molar-refractivity contribution in [3.63, 3.8) is 0 Å². The average Bonchev–Trinajstić information content (AvgIpc) is 2.76. The van der Waals surface area contributed by atoms with Crippen molar-refractivity contribution in [2.24, 2.45) is 0 Å². The maximum atomic E-state index is 12.7. The molecule has 0 bridgehead atoms. The number of carbonyl (C=O) groups is 1. The number of nitrogens with one attached hydrogen (secondary N) is 2. The molecule has 1 atom stereocenters. The molecule has 6 nitrogen and oxygen atoms in total. The van der Waals surface area contributed by atoms with Crippen molar-refractivity contribution < 1.29 is 17.9 Å². The maximum absolute atomic E-state index is 12.7. The second-order valence-corrected chi connectivity index (χ2v) is 11.3. The summed E-state index contributed by atoms with van der Waals surface area (Å²) in [6, 6.07) is 17.9. The molecule has 0 aliphatic rings. The highest BCUT2D eigenvalue weighted by molar-refractivity contribution is 7.92. The summed E-state index contributed by atoms with van der Waals surface area (Å²) in [5.74, 6) is 0.227. The van der Waals surface area contributed by atoms with E-state index in [2.05, 4.69) is 30.8 Å². The molecule has 34 heavy (non-hydrogen) atoms. The molecular weight excluding hydrogens is 495 g/mol. The normalized spacial score (nSPS) is 12.6. The van der Waals surface area contributed by atoms with Gasteiger partial charge in [-0.3, -0.25) is 9.52 Å². The van der Waals surface area contributed by atoms with Crippen LogP contribution in [0.5, 0.6) is 5.75 Å². The Labute approximate surface area is 210 Å². The van der Waals surface area contributed by atoms with E-state index in [1.807, 2.05) is 24.3 Å². The van der Waals surface area contributed by atoms with Crippen LogP contribution in [-0.4, -0.2) is 20.4 Å². The zero-order chi connectivity index (χ0) is 25.1. The molecule has 3 aromatic rings. The summed E-state index contributed by atoms with van der Waals surface area (Å²) >= 11 is 11.9. The lowest BCUT2D eigenvalue weighted by molar-refractivity contribution is -0.122. The molecule has 9 heteroatoms. The molecule has 180 valence electrons. The van der Waals surface area contributed by atoms with Crippen LogP contribution < -0.4 is 14.8 Å². The van der Waals surface area contributed by atoms with E-state index in [-0.39, 0.29) is 26.9 Å². The Morgan fingerprint density at radius 1 is 0.941 bits per heavy atom. The fourth-order valence-electron chi connectivity index (χ4n) is 3.03. The summed E-state index contributed by atoms with van der Waals surface area (Å²) in [7, 11) is -3.88. The Kier molecular flexibility index (Phi) is 7.81. The van der Waals surface area contributed by atoms with Crippen molar-refractivity contribution >= 4 is 50.5 Å². The number of amides is 1. The van der Waals surface area contributed by atoms with Gasteiger partial charge in [0.15, 0.2) is 6.10 Å². The lowest BCUT2D eigenvalue weighted by Gasteiger charge is -2.20. The quantitative estimate of drug-likeness (QED) is 0.372. The lowest BCUT2D eigenvalue weighted by atomic mass is 9.87. The third-order valence-corrected chi connectivity index (χ3v) is 6.94. The van der Waals surface area contributed by atoms with Crippen molar-refractivity contribution in [1.29, 1.82) is 0 Å². The standard InChI is InChI=1S/C25H26Cl2N2O4S/c1-16(33-20-10-5-17(6-11-20)25(2,3)4)24(30)28-19-8-12-21(13-9-19)34(31,32)29-23-14-7-18(26)15-22(23)27/h5-16,29H,1-4H3,(H,28,30)/t16-/m0/s1. The predicted molar refractivity (Wildman–Crippen MR) is 138 cm³/mol. The number of ether oxygens (including phenoxy) is 1. The topological polar surface area (TPSA) is 84.5 Å². The first kappa shape index (κ1) is 25.9. The Balaban J connectivity index is 1.62. The third kappa shape index (κ3) is 6.65. The number of benzene rings is 3. The molecule has 0 saturated carbocycles. The Bertz CT molecular complexity index is 1270. The van der Waals surface area contributed by atoms with E-state index in [9.17, 15) is 13.2 Å². The molecule has 1 amide bonds. The van der Waals surface area contributed by atoms with Gasteiger partial charge in [-0.2, -0.15) is 0 Å². The maximum Gasteiger partial charge on any atom is 0.265 e. The van der Waals surface area contributed by atoms with E-state index in [0.29, 0.717) is 16.5 Å². The molecule has 0 saturated heterocycles. The van der Waals surface area contributed by atoms with E-state index in [1.165, 1.54) is 48.0 Å². The number of anilines is 2. The van der Waals surface area contributed by atoms with E-state index in [0.717, 1.165) is 0 Å². The van der Waals surface area contributed by atoms with Crippen molar-refractivity contribution in [1.82, 2.24) is 0 Å². The van der Waals surface area contributed by atoms with Crippen LogP contribution in [0.2, 0.25) is 10.0 Å². The van der Waals surface area contributed by atoms with Gasteiger partial charge >= 0.3 is 0 Å². The first-order valence-electron chi connectivity index (χ1n) is 10.5. The Morgan fingerprint density at radius 2 is 1.56 bits per heavy atom. The second-order valence-electron chi connectivity index (χ2n) is 8.78. The highest BCUT2D eigenvalue weighted by atomic mass is 35.5. The second kappa shape index (κ2) is 10.3. The summed E-state index contributed by atoms with van der Waals surface area (Å²) in [4.78, 5) is 12.6. The van der Waals surface area contributed by atoms with Gasteiger partial charge in [0.2, 0.25) is 0 Å². The van der Waals surface area contributed by atoms with Crippen LogP contribution in [0.25, 0.3) is 0 Å². The van der Waals surface area contributed by atoms with Crippen molar-refractivity contribution in [2.45, 2.75) is 44.1 Å². The van der Waals surface area contributed by atoms with Crippen molar-refractivity contribution in [2.75, 3.05) is 10.0 Å². The van der Waals surface area contributed by atoms with Gasteiger partial charge in [-0.15, -0.1) is 0 Å². The Morgan fingerprint density at radius 3 is 2.12 bits per heavy atom. The number of sulfonamides is 1. The molecule has 3 rings (SSSR count). The highest BCUT2D eigenvalue weighted by Gasteiger charge is 2.19. The first-order valence-corrected chi connectivity index (χ1v) is 12.7.